The molecule has 20 heavy (non-hydrogen) atoms. The lowest BCUT2D eigenvalue weighted by Crippen LogP contribution is -2.08. The first-order chi connectivity index (χ1) is 9.41. The van der Waals surface area contributed by atoms with Crippen molar-refractivity contribution in [2.75, 3.05) is 7.05 Å². The maximum Gasteiger partial charge on any atom is 0.419 e. The molecule has 0 spiro atoms. The third kappa shape index (κ3) is 3.14. The van der Waals surface area contributed by atoms with Crippen molar-refractivity contribution in [3.05, 3.63) is 53.6 Å². The Morgan fingerprint density at radius 2 is 1.85 bits per heavy atom. The summed E-state index contributed by atoms with van der Waals surface area (Å²) in [7, 11) is 1.76. The first kappa shape index (κ1) is 14.5. The molecule has 1 aromatic heterocycles. The van der Waals surface area contributed by atoms with Crippen LogP contribution in [0.2, 0.25) is 0 Å². The first-order valence-corrected chi connectivity index (χ1v) is 5.87. The largest absolute Gasteiger partial charge is 0.419 e. The van der Waals surface area contributed by atoms with Crippen molar-refractivity contribution >= 4 is 0 Å². The van der Waals surface area contributed by atoms with Gasteiger partial charge in [0.05, 0.1) is 5.56 Å². The molecule has 0 fully saturated rings. The fraction of sp³-hybridized carbons (Fsp3) is 0.214. The number of alkyl halides is 3. The molecule has 0 unspecified atom stereocenters. The summed E-state index contributed by atoms with van der Waals surface area (Å²) in [5.41, 5.74) is 0.365. The maximum atomic E-state index is 13.2. The fourth-order valence-electron chi connectivity index (χ4n) is 1.87. The number of hydrogen-bond acceptors (Lipinski definition) is 2. The van der Waals surface area contributed by atoms with Gasteiger partial charge in [0.2, 0.25) is 0 Å². The summed E-state index contributed by atoms with van der Waals surface area (Å²) in [6.07, 6.45) is -1.64. The lowest BCUT2D eigenvalue weighted by molar-refractivity contribution is -0.139. The van der Waals surface area contributed by atoms with Crippen LogP contribution in [-0.4, -0.2) is 12.0 Å². The van der Waals surface area contributed by atoms with Crippen LogP contribution in [0.5, 0.6) is 0 Å². The number of nitrogens with zero attached hydrogens (tertiary/aromatic N) is 1. The summed E-state index contributed by atoms with van der Waals surface area (Å²) in [6.45, 7) is 0.550. The van der Waals surface area contributed by atoms with Crippen LogP contribution >= 0.6 is 0 Å². The van der Waals surface area contributed by atoms with E-state index in [4.69, 9.17) is 0 Å². The van der Waals surface area contributed by atoms with Gasteiger partial charge in [-0.15, -0.1) is 0 Å². The number of halogens is 4. The van der Waals surface area contributed by atoms with E-state index < -0.39 is 17.6 Å². The van der Waals surface area contributed by atoms with Crippen LogP contribution in [0.4, 0.5) is 17.6 Å². The summed E-state index contributed by atoms with van der Waals surface area (Å²) in [4.78, 5) is 3.98. The van der Waals surface area contributed by atoms with Crippen LogP contribution in [0.3, 0.4) is 0 Å². The Morgan fingerprint density at radius 3 is 2.50 bits per heavy atom. The van der Waals surface area contributed by atoms with E-state index in [1.807, 2.05) is 0 Å². The van der Waals surface area contributed by atoms with Crippen molar-refractivity contribution in [3.8, 4) is 11.1 Å². The molecule has 0 aliphatic carbocycles. The van der Waals surface area contributed by atoms with E-state index in [9.17, 15) is 17.6 Å². The smallest absolute Gasteiger partial charge is 0.316 e. The monoisotopic (exact) mass is 284 g/mol. The lowest BCUT2D eigenvalue weighted by atomic mass is 10.0. The molecular weight excluding hydrogens is 272 g/mol. The number of pyridine rings is 1. The van der Waals surface area contributed by atoms with Crippen molar-refractivity contribution in [3.63, 3.8) is 0 Å². The summed E-state index contributed by atoms with van der Waals surface area (Å²) < 4.78 is 51.3. The Balaban J connectivity index is 2.45. The standard InChI is InChI=1S/C14H12F4N2/c1-19-6-9-4-11(8-20-7-9)10-2-3-13(15)12(5-10)14(16,17)18/h2-5,7-8,19H,6H2,1H3. The highest BCUT2D eigenvalue weighted by Crippen LogP contribution is 2.34. The molecule has 2 nitrogen and oxygen atoms in total. The maximum absolute atomic E-state index is 13.2. The Hall–Kier alpha value is -1.95. The molecule has 0 aliphatic heterocycles. The Morgan fingerprint density at radius 1 is 1.10 bits per heavy atom. The molecule has 1 N–H and O–H groups in total. The Labute approximate surface area is 113 Å². The van der Waals surface area contributed by atoms with E-state index in [1.165, 1.54) is 12.3 Å². The predicted octanol–water partition coefficient (Wildman–Crippen LogP) is 3.63. The minimum absolute atomic E-state index is 0.282. The molecule has 0 aliphatic rings. The number of hydrogen-bond donors (Lipinski definition) is 1. The van der Waals surface area contributed by atoms with Gasteiger partial charge < -0.3 is 5.32 Å². The third-order valence-electron chi connectivity index (χ3n) is 2.78. The highest BCUT2D eigenvalue weighted by molar-refractivity contribution is 5.64. The molecule has 0 saturated carbocycles. The molecule has 6 heteroatoms. The number of aromatic nitrogens is 1. The summed E-state index contributed by atoms with van der Waals surface area (Å²) in [5.74, 6) is -1.28. The average molecular weight is 284 g/mol. The van der Waals surface area contributed by atoms with Crippen LogP contribution in [0, 0.1) is 5.82 Å². The summed E-state index contributed by atoms with van der Waals surface area (Å²) in [6, 6.07) is 4.65. The van der Waals surface area contributed by atoms with Crippen molar-refractivity contribution in [2.24, 2.45) is 0 Å². The second-order valence-electron chi connectivity index (χ2n) is 4.30. The van der Waals surface area contributed by atoms with E-state index in [1.54, 1.807) is 19.3 Å². The van der Waals surface area contributed by atoms with Crippen molar-refractivity contribution in [2.45, 2.75) is 12.7 Å². The van der Waals surface area contributed by atoms with Crippen molar-refractivity contribution < 1.29 is 17.6 Å². The Bertz CT molecular complexity index is 608. The van der Waals surface area contributed by atoms with E-state index in [0.717, 1.165) is 17.7 Å². The number of benzene rings is 1. The highest BCUT2D eigenvalue weighted by Gasteiger charge is 2.34. The molecule has 0 radical (unpaired) electrons. The van der Waals surface area contributed by atoms with Gasteiger partial charge in [0.15, 0.2) is 0 Å². The van der Waals surface area contributed by atoms with Crippen LogP contribution < -0.4 is 5.32 Å². The van der Waals surface area contributed by atoms with Crippen LogP contribution in [0.25, 0.3) is 11.1 Å². The topological polar surface area (TPSA) is 24.9 Å². The van der Waals surface area contributed by atoms with Crippen molar-refractivity contribution in [1.29, 1.82) is 0 Å². The van der Waals surface area contributed by atoms with Gasteiger partial charge in [-0.3, -0.25) is 4.98 Å². The van der Waals surface area contributed by atoms with Crippen LogP contribution in [0.15, 0.2) is 36.7 Å². The van der Waals surface area contributed by atoms with Gasteiger partial charge in [0.1, 0.15) is 5.82 Å². The molecule has 0 atom stereocenters. The van der Waals surface area contributed by atoms with Gasteiger partial charge in [-0.2, -0.15) is 13.2 Å². The minimum atomic E-state index is -4.71. The first-order valence-electron chi connectivity index (χ1n) is 5.87. The zero-order chi connectivity index (χ0) is 14.8. The fourth-order valence-corrected chi connectivity index (χ4v) is 1.87. The average Bonchev–Trinajstić information content (AvgIpc) is 2.38. The van der Waals surface area contributed by atoms with Gasteiger partial charge in [0.25, 0.3) is 0 Å². The SMILES string of the molecule is CNCc1cncc(-c2ccc(F)c(C(F)(F)F)c2)c1. The van der Waals surface area contributed by atoms with Crippen LogP contribution in [-0.2, 0) is 12.7 Å². The molecule has 2 rings (SSSR count). The lowest BCUT2D eigenvalue weighted by Gasteiger charge is -2.10. The van der Waals surface area contributed by atoms with Gasteiger partial charge in [-0.05, 0) is 36.4 Å². The van der Waals surface area contributed by atoms with E-state index in [0.29, 0.717) is 12.1 Å². The zero-order valence-corrected chi connectivity index (χ0v) is 10.6. The third-order valence-corrected chi connectivity index (χ3v) is 2.78. The molecule has 0 bridgehead atoms. The summed E-state index contributed by atoms with van der Waals surface area (Å²) >= 11 is 0. The normalized spacial score (nSPS) is 11.7. The second kappa shape index (κ2) is 5.58. The quantitative estimate of drug-likeness (QED) is 0.871. The second-order valence-corrected chi connectivity index (χ2v) is 4.30. The number of nitrogens with one attached hydrogen (secondary N) is 1. The van der Waals surface area contributed by atoms with Crippen molar-refractivity contribution in [1.82, 2.24) is 10.3 Å². The van der Waals surface area contributed by atoms with Gasteiger partial charge >= 0.3 is 6.18 Å². The zero-order valence-electron chi connectivity index (χ0n) is 10.6. The molecule has 1 heterocycles. The van der Waals surface area contributed by atoms with E-state index in [-0.39, 0.29) is 5.56 Å². The molecule has 1 aromatic carbocycles. The predicted molar refractivity (Wildman–Crippen MR) is 67.4 cm³/mol. The number of rotatable bonds is 3. The van der Waals surface area contributed by atoms with Gasteiger partial charge in [-0.25, -0.2) is 4.39 Å². The molecule has 0 amide bonds. The molecule has 2 aromatic rings. The van der Waals surface area contributed by atoms with Gasteiger partial charge in [-0.1, -0.05) is 6.07 Å². The van der Waals surface area contributed by atoms with E-state index in [2.05, 4.69) is 10.3 Å². The van der Waals surface area contributed by atoms with E-state index >= 15 is 0 Å². The highest BCUT2D eigenvalue weighted by atomic mass is 19.4. The minimum Gasteiger partial charge on any atom is -0.316 e. The van der Waals surface area contributed by atoms with Crippen LogP contribution in [0.1, 0.15) is 11.1 Å². The van der Waals surface area contributed by atoms with Gasteiger partial charge in [0, 0.05) is 24.5 Å². The molecular formula is C14H12F4N2. The molecule has 0 saturated heterocycles. The Kier molecular flexibility index (Phi) is 4.04. The summed E-state index contributed by atoms with van der Waals surface area (Å²) in [5, 5.41) is 2.93. The molecule has 106 valence electrons.